The van der Waals surface area contributed by atoms with Crippen LogP contribution in [0.4, 0.5) is 4.39 Å². The predicted molar refractivity (Wildman–Crippen MR) is 118 cm³/mol. The summed E-state index contributed by atoms with van der Waals surface area (Å²) in [6.07, 6.45) is 4.62. The molecular weight excluding hydrogens is 377 g/mol. The van der Waals surface area contributed by atoms with Crippen LogP contribution in [0.5, 0.6) is 0 Å². The molecule has 0 aliphatic carbocycles. The minimum atomic E-state index is -0.125. The van der Waals surface area contributed by atoms with Crippen molar-refractivity contribution in [3.8, 4) is 0 Å². The molecule has 1 atom stereocenters. The number of likely N-dealkylation sites (tertiary alicyclic amines) is 1. The summed E-state index contributed by atoms with van der Waals surface area (Å²) < 4.78 is 13.9. The second-order valence-electron chi connectivity index (χ2n) is 8.25. The van der Waals surface area contributed by atoms with Crippen molar-refractivity contribution in [3.63, 3.8) is 0 Å². The van der Waals surface area contributed by atoms with E-state index in [1.807, 2.05) is 54.4 Å². The maximum absolute atomic E-state index is 13.9. The molecule has 0 spiro atoms. The first-order valence-corrected chi connectivity index (χ1v) is 10.7. The Kier molecular flexibility index (Phi) is 6.38. The number of benzene rings is 2. The van der Waals surface area contributed by atoms with Gasteiger partial charge in [-0.25, -0.2) is 4.39 Å². The Labute approximate surface area is 177 Å². The lowest BCUT2D eigenvalue weighted by atomic mass is 9.96. The first-order chi connectivity index (χ1) is 14.6. The summed E-state index contributed by atoms with van der Waals surface area (Å²) in [6.45, 7) is 3.56. The number of carbonyl (C=O) groups is 1. The molecule has 1 amide bonds. The molecule has 5 heteroatoms. The number of hydrogen-bond acceptors (Lipinski definition) is 3. The van der Waals surface area contributed by atoms with E-state index < -0.39 is 0 Å². The minimum absolute atomic E-state index is 0.0109. The maximum Gasteiger partial charge on any atom is 0.255 e. The zero-order valence-electron chi connectivity index (χ0n) is 17.4. The van der Waals surface area contributed by atoms with Crippen LogP contribution in [0.25, 0.3) is 10.9 Å². The molecule has 0 unspecified atom stereocenters. The predicted octanol–water partition coefficient (Wildman–Crippen LogP) is 4.40. The van der Waals surface area contributed by atoms with Crippen molar-refractivity contribution in [2.24, 2.45) is 5.92 Å². The minimum Gasteiger partial charge on any atom is -0.341 e. The van der Waals surface area contributed by atoms with Gasteiger partial charge in [0.05, 0.1) is 11.1 Å². The van der Waals surface area contributed by atoms with Gasteiger partial charge in [0.15, 0.2) is 0 Å². The van der Waals surface area contributed by atoms with Gasteiger partial charge in [-0.05, 0) is 55.5 Å². The van der Waals surface area contributed by atoms with E-state index >= 15 is 0 Å². The van der Waals surface area contributed by atoms with Crippen molar-refractivity contribution in [1.82, 2.24) is 14.8 Å². The standard InChI is InChI=1S/C25H28FN3O/c1-28(25(30)22-15-21-9-3-5-11-24(21)27-16-22)17-19-7-6-13-29(18-19)14-12-20-8-2-4-10-23(20)26/h2-5,8-11,15-16,19H,6-7,12-14,17-18H2,1H3/t19-/m0/s1. The van der Waals surface area contributed by atoms with Gasteiger partial charge < -0.3 is 9.80 Å². The van der Waals surface area contributed by atoms with Gasteiger partial charge in [-0.15, -0.1) is 0 Å². The fraction of sp³-hybridized carbons (Fsp3) is 0.360. The highest BCUT2D eigenvalue weighted by Crippen LogP contribution is 2.20. The number of carbonyl (C=O) groups excluding carboxylic acids is 1. The van der Waals surface area contributed by atoms with Gasteiger partial charge in [0, 0.05) is 38.3 Å². The molecule has 30 heavy (non-hydrogen) atoms. The molecule has 4 rings (SSSR count). The number of aromatic nitrogens is 1. The average molecular weight is 406 g/mol. The Balaban J connectivity index is 1.33. The quantitative estimate of drug-likeness (QED) is 0.610. The molecule has 0 radical (unpaired) electrons. The van der Waals surface area contributed by atoms with Crippen LogP contribution in [-0.4, -0.2) is 53.9 Å². The molecule has 1 aromatic heterocycles. The van der Waals surface area contributed by atoms with Crippen LogP contribution in [0.15, 0.2) is 60.8 Å². The number of amides is 1. The zero-order valence-corrected chi connectivity index (χ0v) is 17.4. The van der Waals surface area contributed by atoms with Crippen LogP contribution >= 0.6 is 0 Å². The Morgan fingerprint density at radius 1 is 1.20 bits per heavy atom. The Bertz CT molecular complexity index is 1020. The number of rotatable bonds is 6. The second kappa shape index (κ2) is 9.35. The van der Waals surface area contributed by atoms with Crippen molar-refractivity contribution in [2.45, 2.75) is 19.3 Å². The topological polar surface area (TPSA) is 36.4 Å². The first-order valence-electron chi connectivity index (χ1n) is 10.7. The number of hydrogen-bond donors (Lipinski definition) is 0. The molecule has 2 aromatic carbocycles. The molecule has 156 valence electrons. The number of pyridine rings is 1. The van der Waals surface area contributed by atoms with E-state index in [-0.39, 0.29) is 11.7 Å². The van der Waals surface area contributed by atoms with E-state index in [1.54, 1.807) is 12.3 Å². The van der Waals surface area contributed by atoms with Gasteiger partial charge >= 0.3 is 0 Å². The van der Waals surface area contributed by atoms with Crippen LogP contribution in [0, 0.1) is 11.7 Å². The van der Waals surface area contributed by atoms with Gasteiger partial charge in [-0.2, -0.15) is 0 Å². The molecule has 1 fully saturated rings. The summed E-state index contributed by atoms with van der Waals surface area (Å²) >= 11 is 0. The van der Waals surface area contributed by atoms with Gasteiger partial charge in [-0.1, -0.05) is 36.4 Å². The van der Waals surface area contributed by atoms with E-state index in [0.29, 0.717) is 11.5 Å². The number of para-hydroxylation sites is 1. The first kappa shape index (κ1) is 20.5. The monoisotopic (exact) mass is 405 g/mol. The van der Waals surface area contributed by atoms with Crippen LogP contribution in [0.3, 0.4) is 0 Å². The lowest BCUT2D eigenvalue weighted by Crippen LogP contribution is -2.42. The van der Waals surface area contributed by atoms with E-state index in [2.05, 4.69) is 9.88 Å². The summed E-state index contributed by atoms with van der Waals surface area (Å²) in [7, 11) is 1.87. The molecule has 1 aliphatic rings. The van der Waals surface area contributed by atoms with Crippen LogP contribution < -0.4 is 0 Å². The average Bonchev–Trinajstić information content (AvgIpc) is 2.78. The maximum atomic E-state index is 13.9. The summed E-state index contributed by atoms with van der Waals surface area (Å²) in [5, 5.41) is 0.980. The Morgan fingerprint density at radius 3 is 2.87 bits per heavy atom. The summed E-state index contributed by atoms with van der Waals surface area (Å²) in [4.78, 5) is 21.6. The molecule has 2 heterocycles. The third-order valence-electron chi connectivity index (χ3n) is 5.97. The van der Waals surface area contributed by atoms with Crippen LogP contribution in [0.2, 0.25) is 0 Å². The second-order valence-corrected chi connectivity index (χ2v) is 8.25. The molecule has 0 bridgehead atoms. The molecule has 4 nitrogen and oxygen atoms in total. The lowest BCUT2D eigenvalue weighted by molar-refractivity contribution is 0.0730. The highest BCUT2D eigenvalue weighted by Gasteiger charge is 2.23. The van der Waals surface area contributed by atoms with Crippen molar-refractivity contribution >= 4 is 16.8 Å². The van der Waals surface area contributed by atoms with Crippen LogP contribution in [0.1, 0.15) is 28.8 Å². The molecule has 3 aromatic rings. The Hall–Kier alpha value is -2.79. The summed E-state index contributed by atoms with van der Waals surface area (Å²) in [5.41, 5.74) is 2.30. The molecule has 0 N–H and O–H groups in total. The highest BCUT2D eigenvalue weighted by molar-refractivity contribution is 5.97. The fourth-order valence-electron chi connectivity index (χ4n) is 4.36. The third kappa shape index (κ3) is 4.85. The Morgan fingerprint density at radius 2 is 2.00 bits per heavy atom. The molecular formula is C25H28FN3O. The SMILES string of the molecule is CN(C[C@@H]1CCCN(CCc2ccccc2F)C1)C(=O)c1cnc2ccccc2c1. The van der Waals surface area contributed by atoms with Crippen molar-refractivity contribution < 1.29 is 9.18 Å². The number of nitrogens with zero attached hydrogens (tertiary/aromatic N) is 3. The van der Waals surface area contributed by atoms with E-state index in [9.17, 15) is 9.18 Å². The van der Waals surface area contributed by atoms with Gasteiger partial charge in [-0.3, -0.25) is 9.78 Å². The van der Waals surface area contributed by atoms with Crippen molar-refractivity contribution in [2.75, 3.05) is 33.2 Å². The van der Waals surface area contributed by atoms with Crippen molar-refractivity contribution in [3.05, 3.63) is 77.7 Å². The third-order valence-corrected chi connectivity index (χ3v) is 5.97. The molecule has 1 aliphatic heterocycles. The normalized spacial score (nSPS) is 17.2. The van der Waals surface area contributed by atoms with E-state index in [4.69, 9.17) is 0 Å². The van der Waals surface area contributed by atoms with E-state index in [1.165, 1.54) is 6.07 Å². The van der Waals surface area contributed by atoms with Gasteiger partial charge in [0.1, 0.15) is 5.82 Å². The van der Waals surface area contributed by atoms with Gasteiger partial charge in [0.2, 0.25) is 0 Å². The number of fused-ring (bicyclic) bond motifs is 1. The number of halogens is 1. The highest BCUT2D eigenvalue weighted by atomic mass is 19.1. The van der Waals surface area contributed by atoms with Crippen molar-refractivity contribution in [1.29, 1.82) is 0 Å². The largest absolute Gasteiger partial charge is 0.341 e. The smallest absolute Gasteiger partial charge is 0.255 e. The summed E-state index contributed by atoms with van der Waals surface area (Å²) in [5.74, 6) is 0.318. The van der Waals surface area contributed by atoms with Gasteiger partial charge in [0.25, 0.3) is 5.91 Å². The van der Waals surface area contributed by atoms with E-state index in [0.717, 1.165) is 61.9 Å². The zero-order chi connectivity index (χ0) is 20.9. The summed E-state index contributed by atoms with van der Waals surface area (Å²) in [6, 6.07) is 16.8. The fourth-order valence-corrected chi connectivity index (χ4v) is 4.36. The van der Waals surface area contributed by atoms with Crippen LogP contribution in [-0.2, 0) is 6.42 Å². The molecule has 1 saturated heterocycles. The number of piperidine rings is 1. The molecule has 0 saturated carbocycles. The lowest BCUT2D eigenvalue weighted by Gasteiger charge is -2.34.